The van der Waals surface area contributed by atoms with Crippen LogP contribution in [0.2, 0.25) is 0 Å². The Morgan fingerprint density at radius 3 is 2.67 bits per heavy atom. The van der Waals surface area contributed by atoms with Crippen molar-refractivity contribution in [3.05, 3.63) is 22.4 Å². The van der Waals surface area contributed by atoms with E-state index < -0.39 is 0 Å². The maximum absolute atomic E-state index is 12.8. The van der Waals surface area contributed by atoms with Gasteiger partial charge in [0.15, 0.2) is 0 Å². The molecule has 7 heteroatoms. The molecule has 134 valence electrons. The average Bonchev–Trinajstić information content (AvgIpc) is 2.97. The molecule has 0 aromatic carbocycles. The van der Waals surface area contributed by atoms with E-state index in [4.69, 9.17) is 0 Å². The first-order valence-electron chi connectivity index (χ1n) is 8.25. The van der Waals surface area contributed by atoms with Crippen LogP contribution in [-0.4, -0.2) is 54.3 Å². The molecule has 2 amide bonds. The molecule has 1 N–H and O–H groups in total. The fraction of sp³-hybridized carbons (Fsp3) is 0.647. The SMILES string of the molecule is CC(=O)N(C)CC(=O)N(Cc1ccsc1)C1CC12CCNCC2.Cl. The van der Waals surface area contributed by atoms with Crippen molar-refractivity contribution in [3.8, 4) is 0 Å². The third-order valence-corrected chi connectivity index (χ3v) is 6.02. The Labute approximate surface area is 153 Å². The predicted molar refractivity (Wildman–Crippen MR) is 98.4 cm³/mol. The highest BCUT2D eigenvalue weighted by Gasteiger charge is 2.57. The van der Waals surface area contributed by atoms with E-state index in [9.17, 15) is 9.59 Å². The molecule has 0 radical (unpaired) electrons. The number of halogens is 1. The van der Waals surface area contributed by atoms with E-state index in [0.29, 0.717) is 18.0 Å². The van der Waals surface area contributed by atoms with Crippen LogP contribution in [0.1, 0.15) is 31.7 Å². The first kappa shape index (κ1) is 19.2. The quantitative estimate of drug-likeness (QED) is 0.862. The van der Waals surface area contributed by atoms with Gasteiger partial charge in [0.1, 0.15) is 0 Å². The number of thiophene rings is 1. The Morgan fingerprint density at radius 2 is 2.08 bits per heavy atom. The Balaban J connectivity index is 0.00000208. The minimum absolute atomic E-state index is 0. The molecule has 1 spiro atoms. The molecule has 3 rings (SSSR count). The fourth-order valence-corrected chi connectivity index (χ4v) is 4.25. The summed E-state index contributed by atoms with van der Waals surface area (Å²) in [4.78, 5) is 27.8. The van der Waals surface area contributed by atoms with E-state index in [1.807, 2.05) is 10.3 Å². The van der Waals surface area contributed by atoms with Gasteiger partial charge in [0.05, 0.1) is 6.54 Å². The van der Waals surface area contributed by atoms with Crippen molar-refractivity contribution < 1.29 is 9.59 Å². The van der Waals surface area contributed by atoms with E-state index >= 15 is 0 Å². The lowest BCUT2D eigenvalue weighted by Crippen LogP contribution is -2.44. The second-order valence-electron chi connectivity index (χ2n) is 6.86. The van der Waals surface area contributed by atoms with Gasteiger partial charge in [-0.1, -0.05) is 0 Å². The van der Waals surface area contributed by atoms with Gasteiger partial charge in [0.2, 0.25) is 11.8 Å². The van der Waals surface area contributed by atoms with Crippen LogP contribution in [0.4, 0.5) is 0 Å². The van der Waals surface area contributed by atoms with Gasteiger partial charge >= 0.3 is 0 Å². The maximum Gasteiger partial charge on any atom is 0.242 e. The van der Waals surface area contributed by atoms with Crippen LogP contribution in [0, 0.1) is 5.41 Å². The first-order chi connectivity index (χ1) is 11.0. The Morgan fingerprint density at radius 1 is 1.38 bits per heavy atom. The van der Waals surface area contributed by atoms with E-state index in [1.54, 1.807) is 18.4 Å². The van der Waals surface area contributed by atoms with Gasteiger partial charge in [-0.2, -0.15) is 11.3 Å². The lowest BCUT2D eigenvalue weighted by atomic mass is 9.93. The number of piperidine rings is 1. The number of nitrogens with one attached hydrogen (secondary N) is 1. The van der Waals surface area contributed by atoms with Crippen molar-refractivity contribution in [1.29, 1.82) is 0 Å². The van der Waals surface area contributed by atoms with E-state index in [2.05, 4.69) is 16.8 Å². The highest BCUT2D eigenvalue weighted by Crippen LogP contribution is 2.56. The van der Waals surface area contributed by atoms with Crippen molar-refractivity contribution >= 4 is 35.6 Å². The molecule has 1 aliphatic heterocycles. The zero-order valence-corrected chi connectivity index (χ0v) is 15.9. The molecule has 2 fully saturated rings. The third-order valence-electron chi connectivity index (χ3n) is 5.29. The molecular formula is C17H26ClN3O2S. The highest BCUT2D eigenvalue weighted by molar-refractivity contribution is 7.07. The molecule has 1 aromatic heterocycles. The normalized spacial score (nSPS) is 21.0. The molecule has 1 saturated heterocycles. The van der Waals surface area contributed by atoms with Crippen LogP contribution in [0.3, 0.4) is 0 Å². The summed E-state index contributed by atoms with van der Waals surface area (Å²) < 4.78 is 0. The van der Waals surface area contributed by atoms with Gasteiger partial charge in [0, 0.05) is 26.6 Å². The molecule has 2 aliphatic rings. The molecule has 5 nitrogen and oxygen atoms in total. The summed E-state index contributed by atoms with van der Waals surface area (Å²) in [7, 11) is 1.69. The predicted octanol–water partition coefficient (Wildman–Crippen LogP) is 2.12. The topological polar surface area (TPSA) is 52.7 Å². The minimum Gasteiger partial charge on any atom is -0.337 e. The van der Waals surface area contributed by atoms with Crippen molar-refractivity contribution in [1.82, 2.24) is 15.1 Å². The highest BCUT2D eigenvalue weighted by atomic mass is 35.5. The van der Waals surface area contributed by atoms with Crippen molar-refractivity contribution in [3.63, 3.8) is 0 Å². The van der Waals surface area contributed by atoms with E-state index in [1.165, 1.54) is 17.4 Å². The van der Waals surface area contributed by atoms with Crippen LogP contribution in [0.15, 0.2) is 16.8 Å². The van der Waals surface area contributed by atoms with Gasteiger partial charge in [0.25, 0.3) is 0 Å². The lowest BCUT2D eigenvalue weighted by molar-refractivity contribution is -0.139. The summed E-state index contributed by atoms with van der Waals surface area (Å²) in [6, 6.07) is 2.41. The second kappa shape index (κ2) is 7.85. The zero-order valence-electron chi connectivity index (χ0n) is 14.3. The Kier molecular flexibility index (Phi) is 6.28. The van der Waals surface area contributed by atoms with Crippen LogP contribution in [-0.2, 0) is 16.1 Å². The minimum atomic E-state index is -0.0683. The van der Waals surface area contributed by atoms with Crippen LogP contribution >= 0.6 is 23.7 Å². The van der Waals surface area contributed by atoms with Crippen molar-refractivity contribution in [2.24, 2.45) is 5.41 Å². The van der Waals surface area contributed by atoms with Crippen molar-refractivity contribution in [2.45, 2.75) is 38.8 Å². The molecule has 2 heterocycles. The summed E-state index contributed by atoms with van der Waals surface area (Å²) >= 11 is 1.66. The number of hydrogen-bond donors (Lipinski definition) is 1. The van der Waals surface area contributed by atoms with Gasteiger partial charge in [-0.3, -0.25) is 9.59 Å². The largest absolute Gasteiger partial charge is 0.337 e. The smallest absolute Gasteiger partial charge is 0.242 e. The van der Waals surface area contributed by atoms with E-state index in [0.717, 1.165) is 32.4 Å². The summed E-state index contributed by atoms with van der Waals surface area (Å²) in [5.41, 5.74) is 1.50. The molecular weight excluding hydrogens is 346 g/mol. The van der Waals surface area contributed by atoms with Gasteiger partial charge < -0.3 is 15.1 Å². The fourth-order valence-electron chi connectivity index (χ4n) is 3.59. The van der Waals surface area contributed by atoms with Crippen molar-refractivity contribution in [2.75, 3.05) is 26.7 Å². The zero-order chi connectivity index (χ0) is 16.4. The van der Waals surface area contributed by atoms with Crippen LogP contribution in [0.25, 0.3) is 0 Å². The molecule has 1 aromatic rings. The van der Waals surface area contributed by atoms with Gasteiger partial charge in [-0.25, -0.2) is 0 Å². The van der Waals surface area contributed by atoms with E-state index in [-0.39, 0.29) is 30.8 Å². The summed E-state index contributed by atoms with van der Waals surface area (Å²) in [6.07, 6.45) is 3.40. The Hall–Kier alpha value is -1.11. The number of hydrogen-bond acceptors (Lipinski definition) is 4. The number of carbonyl (C=O) groups excluding carboxylic acids is 2. The summed E-state index contributed by atoms with van der Waals surface area (Å²) in [5, 5.41) is 7.56. The number of carbonyl (C=O) groups is 2. The van der Waals surface area contributed by atoms with Gasteiger partial charge in [-0.05, 0) is 60.2 Å². The molecule has 24 heavy (non-hydrogen) atoms. The first-order valence-corrected chi connectivity index (χ1v) is 9.19. The van der Waals surface area contributed by atoms with Crippen LogP contribution in [0.5, 0.6) is 0 Å². The molecule has 1 saturated carbocycles. The number of nitrogens with zero attached hydrogens (tertiary/aromatic N) is 2. The molecule has 0 bridgehead atoms. The standard InChI is InChI=1S/C17H25N3O2S.ClH/c1-13(21)19(2)11-16(22)20(10-14-3-8-23-12-14)15-9-17(15)4-6-18-7-5-17;/h3,8,12,15,18H,4-7,9-11H2,1-2H3;1H. The Bertz CT molecular complexity index is 572. The maximum atomic E-state index is 12.8. The number of likely N-dealkylation sites (N-methyl/N-ethyl adjacent to an activating group) is 1. The summed E-state index contributed by atoms with van der Waals surface area (Å²) in [6.45, 7) is 4.43. The molecule has 1 atom stereocenters. The number of rotatable bonds is 5. The third kappa shape index (κ3) is 4.10. The molecule has 1 unspecified atom stereocenters. The molecule has 1 aliphatic carbocycles. The number of amides is 2. The van der Waals surface area contributed by atoms with Gasteiger partial charge in [-0.15, -0.1) is 12.4 Å². The second-order valence-corrected chi connectivity index (χ2v) is 7.64. The summed E-state index contributed by atoms with van der Waals surface area (Å²) in [5.74, 6) is -0.00415. The monoisotopic (exact) mass is 371 g/mol. The van der Waals surface area contributed by atoms with Crippen LogP contribution < -0.4 is 5.32 Å². The average molecular weight is 372 g/mol. The lowest BCUT2D eigenvalue weighted by Gasteiger charge is -2.30.